The molecule has 0 amide bonds. The summed E-state index contributed by atoms with van der Waals surface area (Å²) < 4.78 is 49.3. The minimum atomic E-state index is -4.55. The lowest BCUT2D eigenvalue weighted by molar-refractivity contribution is -0.139. The summed E-state index contributed by atoms with van der Waals surface area (Å²) in [5.74, 6) is -1.41. The molecule has 134 valence electrons. The number of pyridine rings is 1. The van der Waals surface area contributed by atoms with Crippen molar-refractivity contribution in [2.75, 3.05) is 31.8 Å². The lowest BCUT2D eigenvalue weighted by Gasteiger charge is -2.27. The first-order valence-corrected chi connectivity index (χ1v) is 7.50. The van der Waals surface area contributed by atoms with Crippen LogP contribution in [0.25, 0.3) is 0 Å². The third-order valence-electron chi connectivity index (χ3n) is 3.81. The summed E-state index contributed by atoms with van der Waals surface area (Å²) in [7, 11) is 1.15. The minimum Gasteiger partial charge on any atom is -0.481 e. The van der Waals surface area contributed by atoms with Crippen molar-refractivity contribution in [3.8, 4) is 5.88 Å². The van der Waals surface area contributed by atoms with Crippen molar-refractivity contribution in [3.05, 3.63) is 17.8 Å². The van der Waals surface area contributed by atoms with E-state index in [0.29, 0.717) is 12.2 Å². The van der Waals surface area contributed by atoms with E-state index < -0.39 is 23.6 Å². The van der Waals surface area contributed by atoms with E-state index in [4.69, 9.17) is 9.84 Å². The van der Waals surface area contributed by atoms with Gasteiger partial charge in [-0.15, -0.1) is 0 Å². The maximum atomic E-state index is 13.1. The van der Waals surface area contributed by atoms with Crippen molar-refractivity contribution in [1.82, 2.24) is 4.98 Å². The molecule has 1 aliphatic rings. The predicted octanol–water partition coefficient (Wildman–Crippen LogP) is 2.57. The van der Waals surface area contributed by atoms with E-state index in [1.54, 1.807) is 0 Å². The summed E-state index contributed by atoms with van der Waals surface area (Å²) in [4.78, 5) is 16.0. The lowest BCUT2D eigenvalue weighted by Crippen LogP contribution is -2.33. The molecule has 1 aliphatic heterocycles. The fraction of sp³-hybridized carbons (Fsp3) is 0.600. The van der Waals surface area contributed by atoms with Crippen LogP contribution in [0.1, 0.15) is 24.8 Å². The average molecular weight is 348 g/mol. The highest BCUT2D eigenvalue weighted by Crippen LogP contribution is 2.38. The molecule has 2 rings (SSSR count). The van der Waals surface area contributed by atoms with Gasteiger partial charge in [0.1, 0.15) is 5.56 Å². The zero-order valence-electron chi connectivity index (χ0n) is 13.2. The highest BCUT2D eigenvalue weighted by Gasteiger charge is 2.37. The highest BCUT2D eigenvalue weighted by atomic mass is 19.4. The van der Waals surface area contributed by atoms with Crippen LogP contribution in [0.3, 0.4) is 0 Å². The summed E-state index contributed by atoms with van der Waals surface area (Å²) in [6, 6.07) is 0.927. The second-order valence-electron chi connectivity index (χ2n) is 5.46. The van der Waals surface area contributed by atoms with Crippen LogP contribution in [0.5, 0.6) is 5.88 Å². The Morgan fingerprint density at radius 1 is 1.50 bits per heavy atom. The van der Waals surface area contributed by atoms with E-state index in [1.807, 2.05) is 4.90 Å². The number of aromatic nitrogens is 1. The smallest absolute Gasteiger partial charge is 0.421 e. The number of carboxylic acids is 1. The molecule has 9 heteroatoms. The Kier molecular flexibility index (Phi) is 5.87. The van der Waals surface area contributed by atoms with Crippen LogP contribution in [0.15, 0.2) is 12.3 Å². The molecule has 1 saturated heterocycles. The van der Waals surface area contributed by atoms with Crippen LogP contribution in [0, 0.1) is 0 Å². The predicted molar refractivity (Wildman–Crippen MR) is 79.2 cm³/mol. The van der Waals surface area contributed by atoms with E-state index in [2.05, 4.69) is 9.72 Å². The molecule has 1 unspecified atom stereocenters. The summed E-state index contributed by atoms with van der Waals surface area (Å²) in [5, 5.41) is 8.57. The fourth-order valence-electron chi connectivity index (χ4n) is 2.69. The SMILES string of the molecule is COc1ncc(N2CCCC2COCCC(=O)O)cc1C(F)(F)F. The molecule has 0 aromatic carbocycles. The van der Waals surface area contributed by atoms with E-state index >= 15 is 0 Å². The number of aliphatic carboxylic acids is 1. The van der Waals surface area contributed by atoms with Gasteiger partial charge in [-0.1, -0.05) is 0 Å². The van der Waals surface area contributed by atoms with Crippen molar-refractivity contribution in [3.63, 3.8) is 0 Å². The quantitative estimate of drug-likeness (QED) is 0.764. The van der Waals surface area contributed by atoms with Gasteiger partial charge in [-0.05, 0) is 18.9 Å². The third-order valence-corrected chi connectivity index (χ3v) is 3.81. The maximum absolute atomic E-state index is 13.1. The standard InChI is InChI=1S/C15H19F3N2O4/c1-23-14-12(15(16,17)18)7-11(8-19-14)20-5-2-3-10(20)9-24-6-4-13(21)22/h7-8,10H,2-6,9H2,1H3,(H,21,22). The largest absolute Gasteiger partial charge is 0.481 e. The topological polar surface area (TPSA) is 71.9 Å². The number of anilines is 1. The first-order chi connectivity index (χ1) is 11.3. The Morgan fingerprint density at radius 3 is 2.88 bits per heavy atom. The molecule has 24 heavy (non-hydrogen) atoms. The molecule has 1 aromatic heterocycles. The van der Waals surface area contributed by atoms with Crippen molar-refractivity contribution < 1.29 is 32.5 Å². The molecular formula is C15H19F3N2O4. The highest BCUT2D eigenvalue weighted by molar-refractivity contribution is 5.66. The molecular weight excluding hydrogens is 329 g/mol. The van der Waals surface area contributed by atoms with Gasteiger partial charge in [-0.2, -0.15) is 13.2 Å². The zero-order valence-corrected chi connectivity index (χ0v) is 13.2. The average Bonchev–Trinajstić information content (AvgIpc) is 2.98. The Balaban J connectivity index is 2.10. The van der Waals surface area contributed by atoms with Crippen LogP contribution in [-0.2, 0) is 15.7 Å². The number of rotatable bonds is 7. The first-order valence-electron chi connectivity index (χ1n) is 7.50. The summed E-state index contributed by atoms with van der Waals surface area (Å²) in [6.07, 6.45) is -1.72. The Labute approximate surface area is 137 Å². The van der Waals surface area contributed by atoms with Crippen LogP contribution >= 0.6 is 0 Å². The van der Waals surface area contributed by atoms with Gasteiger partial charge in [0, 0.05) is 6.54 Å². The Hall–Kier alpha value is -2.03. The number of carbonyl (C=O) groups is 1. The van der Waals surface area contributed by atoms with Gasteiger partial charge in [0.05, 0.1) is 44.7 Å². The molecule has 1 aromatic rings. The van der Waals surface area contributed by atoms with Gasteiger partial charge in [-0.3, -0.25) is 4.79 Å². The second kappa shape index (κ2) is 7.69. The molecule has 0 saturated carbocycles. The third kappa shape index (κ3) is 4.50. The molecule has 0 bridgehead atoms. The number of halogens is 3. The maximum Gasteiger partial charge on any atom is 0.421 e. The van der Waals surface area contributed by atoms with Gasteiger partial charge >= 0.3 is 12.1 Å². The van der Waals surface area contributed by atoms with Gasteiger partial charge in [0.25, 0.3) is 0 Å². The van der Waals surface area contributed by atoms with Gasteiger partial charge < -0.3 is 19.5 Å². The van der Waals surface area contributed by atoms with Crippen molar-refractivity contribution >= 4 is 11.7 Å². The monoisotopic (exact) mass is 348 g/mol. The molecule has 0 radical (unpaired) electrons. The summed E-state index contributed by atoms with van der Waals surface area (Å²) in [5.41, 5.74) is -0.563. The first kappa shape index (κ1) is 18.3. The summed E-state index contributed by atoms with van der Waals surface area (Å²) in [6.45, 7) is 0.938. The number of hydrogen-bond acceptors (Lipinski definition) is 5. The number of methoxy groups -OCH3 is 1. The fourth-order valence-corrected chi connectivity index (χ4v) is 2.69. The summed E-state index contributed by atoms with van der Waals surface area (Å²) >= 11 is 0. The number of carboxylic acid groups (broad SMARTS) is 1. The number of ether oxygens (including phenoxy) is 2. The molecule has 1 atom stereocenters. The second-order valence-corrected chi connectivity index (χ2v) is 5.46. The Bertz CT molecular complexity index is 580. The number of nitrogens with zero attached hydrogens (tertiary/aromatic N) is 2. The van der Waals surface area contributed by atoms with Gasteiger partial charge in [0.2, 0.25) is 5.88 Å². The molecule has 1 fully saturated rings. The van der Waals surface area contributed by atoms with Crippen molar-refractivity contribution in [2.24, 2.45) is 0 Å². The van der Waals surface area contributed by atoms with E-state index in [-0.39, 0.29) is 25.7 Å². The normalized spacial score (nSPS) is 18.0. The van der Waals surface area contributed by atoms with Crippen molar-refractivity contribution in [1.29, 1.82) is 0 Å². The molecule has 2 heterocycles. The van der Waals surface area contributed by atoms with Crippen LogP contribution in [-0.4, -0.2) is 49.0 Å². The Morgan fingerprint density at radius 2 is 2.25 bits per heavy atom. The van der Waals surface area contributed by atoms with E-state index in [1.165, 1.54) is 6.20 Å². The minimum absolute atomic E-state index is 0.0777. The lowest BCUT2D eigenvalue weighted by atomic mass is 10.2. The molecule has 1 N–H and O–H groups in total. The molecule has 0 aliphatic carbocycles. The zero-order chi connectivity index (χ0) is 17.7. The number of hydrogen-bond donors (Lipinski definition) is 1. The van der Waals surface area contributed by atoms with E-state index in [0.717, 1.165) is 26.0 Å². The molecule has 6 nitrogen and oxygen atoms in total. The van der Waals surface area contributed by atoms with Crippen LogP contribution < -0.4 is 9.64 Å². The number of alkyl halides is 3. The van der Waals surface area contributed by atoms with Gasteiger partial charge in [0.15, 0.2) is 0 Å². The van der Waals surface area contributed by atoms with E-state index in [9.17, 15) is 18.0 Å². The molecule has 0 spiro atoms. The van der Waals surface area contributed by atoms with Gasteiger partial charge in [-0.25, -0.2) is 4.98 Å². The van der Waals surface area contributed by atoms with Crippen molar-refractivity contribution in [2.45, 2.75) is 31.5 Å². The van der Waals surface area contributed by atoms with Crippen LogP contribution in [0.2, 0.25) is 0 Å². The van der Waals surface area contributed by atoms with Crippen LogP contribution in [0.4, 0.5) is 18.9 Å².